The molecule has 1 aromatic carbocycles. The molecule has 1 aliphatic heterocycles. The van der Waals surface area contributed by atoms with Gasteiger partial charge >= 0.3 is 0 Å². The van der Waals surface area contributed by atoms with Gasteiger partial charge in [0.1, 0.15) is 0 Å². The number of halogens is 1. The molecule has 1 heterocycles. The standard InChI is InChI=1S/C18H26N2OS.ClH/c1-14-2-4-15(5-3-14)13-22-11-10-20-17(21)16-12-18(16)6-8-19-9-7-18;/h2-5,16,19H,6-13H2,1H3,(H,20,21);1H. The number of rotatable bonds is 6. The number of benzene rings is 1. The van der Waals surface area contributed by atoms with Gasteiger partial charge in [0.05, 0.1) is 0 Å². The van der Waals surface area contributed by atoms with Gasteiger partial charge in [0.15, 0.2) is 0 Å². The Balaban J connectivity index is 0.00000192. The minimum atomic E-state index is 0. The van der Waals surface area contributed by atoms with E-state index in [1.54, 1.807) is 0 Å². The van der Waals surface area contributed by atoms with Gasteiger partial charge in [-0.05, 0) is 50.3 Å². The SMILES string of the molecule is Cc1ccc(CSCCNC(=O)C2CC23CCNCC3)cc1.Cl. The van der Waals surface area contributed by atoms with Crippen molar-refractivity contribution in [1.29, 1.82) is 0 Å². The number of thioether (sulfide) groups is 1. The third kappa shape index (κ3) is 4.88. The quantitative estimate of drug-likeness (QED) is 0.771. The summed E-state index contributed by atoms with van der Waals surface area (Å²) in [4.78, 5) is 12.2. The first-order valence-corrected chi connectivity index (χ1v) is 9.47. The maximum Gasteiger partial charge on any atom is 0.223 e. The van der Waals surface area contributed by atoms with Crippen LogP contribution in [0, 0.1) is 18.3 Å². The van der Waals surface area contributed by atoms with E-state index in [-0.39, 0.29) is 24.2 Å². The van der Waals surface area contributed by atoms with Crippen LogP contribution in [0.5, 0.6) is 0 Å². The Bertz CT molecular complexity index is 514. The Morgan fingerprint density at radius 3 is 2.70 bits per heavy atom. The van der Waals surface area contributed by atoms with Crippen molar-refractivity contribution in [3.8, 4) is 0 Å². The van der Waals surface area contributed by atoms with E-state index in [9.17, 15) is 4.79 Å². The van der Waals surface area contributed by atoms with Crippen LogP contribution in [-0.2, 0) is 10.5 Å². The zero-order chi connectivity index (χ0) is 15.4. The lowest BCUT2D eigenvalue weighted by molar-refractivity contribution is -0.123. The van der Waals surface area contributed by atoms with Crippen molar-refractivity contribution in [2.75, 3.05) is 25.4 Å². The Kier molecular flexibility index (Phi) is 6.81. The Morgan fingerprint density at radius 2 is 2.00 bits per heavy atom. The first-order valence-electron chi connectivity index (χ1n) is 8.31. The number of carbonyl (C=O) groups is 1. The molecule has 5 heteroatoms. The van der Waals surface area contributed by atoms with Crippen LogP contribution < -0.4 is 10.6 Å². The molecule has 3 nitrogen and oxygen atoms in total. The molecule has 1 saturated carbocycles. The molecule has 2 N–H and O–H groups in total. The highest BCUT2D eigenvalue weighted by Gasteiger charge is 2.57. The highest BCUT2D eigenvalue weighted by atomic mass is 35.5. The number of piperidine rings is 1. The Morgan fingerprint density at radius 1 is 1.30 bits per heavy atom. The van der Waals surface area contributed by atoms with Crippen LogP contribution in [0.25, 0.3) is 0 Å². The van der Waals surface area contributed by atoms with Crippen molar-refractivity contribution in [2.45, 2.75) is 31.9 Å². The zero-order valence-corrected chi connectivity index (χ0v) is 15.4. The molecule has 0 aromatic heterocycles. The first kappa shape index (κ1) is 18.6. The van der Waals surface area contributed by atoms with Gasteiger partial charge in [0.2, 0.25) is 5.91 Å². The van der Waals surface area contributed by atoms with Crippen LogP contribution in [0.2, 0.25) is 0 Å². The molecular weight excluding hydrogens is 328 g/mol. The molecule has 0 radical (unpaired) electrons. The highest BCUT2D eigenvalue weighted by Crippen LogP contribution is 2.58. The maximum absolute atomic E-state index is 12.2. The molecule has 2 aliphatic rings. The third-order valence-electron chi connectivity index (χ3n) is 5.04. The van der Waals surface area contributed by atoms with Gasteiger partial charge in [-0.1, -0.05) is 29.8 Å². The fraction of sp³-hybridized carbons (Fsp3) is 0.611. The lowest BCUT2D eigenvalue weighted by atomic mass is 9.92. The average molecular weight is 355 g/mol. The van der Waals surface area contributed by atoms with E-state index >= 15 is 0 Å². The van der Waals surface area contributed by atoms with E-state index in [1.165, 1.54) is 24.0 Å². The summed E-state index contributed by atoms with van der Waals surface area (Å²) in [7, 11) is 0. The summed E-state index contributed by atoms with van der Waals surface area (Å²) in [5.41, 5.74) is 3.01. The summed E-state index contributed by atoms with van der Waals surface area (Å²) in [5.74, 6) is 2.59. The van der Waals surface area contributed by atoms with Crippen LogP contribution >= 0.6 is 24.2 Å². The minimum absolute atomic E-state index is 0. The van der Waals surface area contributed by atoms with Crippen molar-refractivity contribution in [3.63, 3.8) is 0 Å². The largest absolute Gasteiger partial charge is 0.355 e. The normalized spacial score (nSPS) is 21.5. The summed E-state index contributed by atoms with van der Waals surface area (Å²) in [6, 6.07) is 8.68. The minimum Gasteiger partial charge on any atom is -0.355 e. The average Bonchev–Trinajstić information content (AvgIpc) is 3.22. The molecule has 128 valence electrons. The van der Waals surface area contributed by atoms with Crippen LogP contribution in [-0.4, -0.2) is 31.3 Å². The molecule has 3 rings (SSSR count). The second-order valence-electron chi connectivity index (χ2n) is 6.70. The molecule has 1 aromatic rings. The van der Waals surface area contributed by atoms with Gasteiger partial charge < -0.3 is 10.6 Å². The van der Waals surface area contributed by atoms with E-state index in [0.29, 0.717) is 5.41 Å². The van der Waals surface area contributed by atoms with Gasteiger partial charge in [0, 0.05) is 24.0 Å². The number of hydrogen-bond donors (Lipinski definition) is 2. The monoisotopic (exact) mass is 354 g/mol. The smallest absolute Gasteiger partial charge is 0.223 e. The van der Waals surface area contributed by atoms with Crippen molar-refractivity contribution < 1.29 is 4.79 Å². The highest BCUT2D eigenvalue weighted by molar-refractivity contribution is 7.98. The molecule has 0 bridgehead atoms. The van der Waals surface area contributed by atoms with Gasteiger partial charge in [-0.3, -0.25) is 4.79 Å². The molecule has 23 heavy (non-hydrogen) atoms. The van der Waals surface area contributed by atoms with E-state index < -0.39 is 0 Å². The number of nitrogens with one attached hydrogen (secondary N) is 2. The summed E-state index contributed by atoms with van der Waals surface area (Å²) < 4.78 is 0. The molecule has 1 saturated heterocycles. The fourth-order valence-corrected chi connectivity index (χ4v) is 4.26. The number of amides is 1. The van der Waals surface area contributed by atoms with Crippen LogP contribution in [0.15, 0.2) is 24.3 Å². The van der Waals surface area contributed by atoms with E-state index in [1.807, 2.05) is 11.8 Å². The van der Waals surface area contributed by atoms with Crippen LogP contribution in [0.4, 0.5) is 0 Å². The third-order valence-corrected chi connectivity index (χ3v) is 6.07. The van der Waals surface area contributed by atoms with Crippen molar-refractivity contribution >= 4 is 30.1 Å². The molecule has 1 aliphatic carbocycles. The Labute approximate surface area is 149 Å². The maximum atomic E-state index is 12.2. The van der Waals surface area contributed by atoms with Gasteiger partial charge in [0.25, 0.3) is 0 Å². The van der Waals surface area contributed by atoms with E-state index in [0.717, 1.165) is 37.6 Å². The molecule has 1 atom stereocenters. The predicted octanol–water partition coefficient (Wildman–Crippen LogP) is 3.16. The summed E-state index contributed by atoms with van der Waals surface area (Å²) in [6.07, 6.45) is 3.46. The molecular formula is C18H27ClN2OS. The molecule has 2 fully saturated rings. The molecule has 1 spiro atoms. The zero-order valence-electron chi connectivity index (χ0n) is 13.8. The first-order chi connectivity index (χ1) is 10.7. The predicted molar refractivity (Wildman–Crippen MR) is 100 cm³/mol. The number of hydrogen-bond acceptors (Lipinski definition) is 3. The van der Waals surface area contributed by atoms with Gasteiger partial charge in [-0.25, -0.2) is 0 Å². The summed E-state index contributed by atoms with van der Waals surface area (Å²) in [5, 5.41) is 6.52. The fourth-order valence-electron chi connectivity index (χ4n) is 3.44. The van der Waals surface area contributed by atoms with Crippen LogP contribution in [0.1, 0.15) is 30.4 Å². The summed E-state index contributed by atoms with van der Waals surface area (Å²) in [6.45, 7) is 5.06. The van der Waals surface area contributed by atoms with Crippen LogP contribution in [0.3, 0.4) is 0 Å². The van der Waals surface area contributed by atoms with Crippen molar-refractivity contribution in [3.05, 3.63) is 35.4 Å². The summed E-state index contributed by atoms with van der Waals surface area (Å²) >= 11 is 1.89. The second kappa shape index (κ2) is 8.41. The van der Waals surface area contributed by atoms with Gasteiger partial charge in [-0.15, -0.1) is 12.4 Å². The van der Waals surface area contributed by atoms with Gasteiger partial charge in [-0.2, -0.15) is 11.8 Å². The topological polar surface area (TPSA) is 41.1 Å². The molecule has 1 unspecified atom stereocenters. The van der Waals surface area contributed by atoms with Crippen molar-refractivity contribution in [2.24, 2.45) is 11.3 Å². The number of aryl methyl sites for hydroxylation is 1. The Hall–Kier alpha value is -0.710. The second-order valence-corrected chi connectivity index (χ2v) is 7.80. The lowest BCUT2D eigenvalue weighted by Crippen LogP contribution is -2.34. The number of carbonyl (C=O) groups excluding carboxylic acids is 1. The van der Waals surface area contributed by atoms with E-state index in [4.69, 9.17) is 0 Å². The van der Waals surface area contributed by atoms with Crippen molar-refractivity contribution in [1.82, 2.24) is 10.6 Å². The molecule has 1 amide bonds. The lowest BCUT2D eigenvalue weighted by Gasteiger charge is -2.23. The van der Waals surface area contributed by atoms with E-state index in [2.05, 4.69) is 41.8 Å².